The molecule has 0 atom stereocenters. The molecule has 0 heterocycles. The SMILES string of the molecule is CN(C)c1c(Cl)cc(F)cc1Br. The molecule has 12 heavy (non-hydrogen) atoms. The minimum absolute atomic E-state index is 0.336. The van der Waals surface area contributed by atoms with E-state index in [0.717, 1.165) is 5.69 Å². The summed E-state index contributed by atoms with van der Waals surface area (Å²) in [6.07, 6.45) is 0. The predicted octanol–water partition coefficient (Wildman–Crippen LogP) is 3.31. The first-order chi connectivity index (χ1) is 5.52. The van der Waals surface area contributed by atoms with E-state index in [1.165, 1.54) is 12.1 Å². The predicted molar refractivity (Wildman–Crippen MR) is 53.4 cm³/mol. The highest BCUT2D eigenvalue weighted by Crippen LogP contribution is 2.33. The Morgan fingerprint density at radius 1 is 1.42 bits per heavy atom. The first-order valence-electron chi connectivity index (χ1n) is 3.34. The van der Waals surface area contributed by atoms with Crippen LogP contribution in [0.15, 0.2) is 16.6 Å². The molecule has 0 unspecified atom stereocenters. The normalized spacial score (nSPS) is 10.1. The van der Waals surface area contributed by atoms with Gasteiger partial charge in [-0.15, -0.1) is 0 Å². The Bertz CT molecular complexity index is 278. The molecule has 0 aliphatic rings. The summed E-state index contributed by atoms with van der Waals surface area (Å²) in [5.41, 5.74) is 0.790. The number of benzene rings is 1. The molecule has 0 aliphatic carbocycles. The summed E-state index contributed by atoms with van der Waals surface area (Å²) in [7, 11) is 3.70. The maximum Gasteiger partial charge on any atom is 0.125 e. The Balaban J connectivity index is 3.28. The van der Waals surface area contributed by atoms with Gasteiger partial charge in [0.2, 0.25) is 0 Å². The molecule has 0 aromatic heterocycles. The monoisotopic (exact) mass is 251 g/mol. The smallest absolute Gasteiger partial charge is 0.125 e. The summed E-state index contributed by atoms with van der Waals surface area (Å²) in [5, 5.41) is 0.409. The Hall–Kier alpha value is -0.280. The molecule has 1 aromatic rings. The number of hydrogen-bond donors (Lipinski definition) is 0. The van der Waals surface area contributed by atoms with Crippen molar-refractivity contribution in [2.75, 3.05) is 19.0 Å². The van der Waals surface area contributed by atoms with Crippen molar-refractivity contribution in [1.29, 1.82) is 0 Å². The van der Waals surface area contributed by atoms with Crippen LogP contribution in [0.1, 0.15) is 0 Å². The fourth-order valence-corrected chi connectivity index (χ4v) is 2.24. The third kappa shape index (κ3) is 1.90. The van der Waals surface area contributed by atoms with Gasteiger partial charge in [0.15, 0.2) is 0 Å². The van der Waals surface area contributed by atoms with Crippen molar-refractivity contribution in [2.45, 2.75) is 0 Å². The van der Waals surface area contributed by atoms with Crippen LogP contribution in [0.5, 0.6) is 0 Å². The Kier molecular flexibility index (Phi) is 2.96. The van der Waals surface area contributed by atoms with E-state index in [9.17, 15) is 4.39 Å². The van der Waals surface area contributed by atoms with Crippen LogP contribution in [0.3, 0.4) is 0 Å². The third-order valence-corrected chi connectivity index (χ3v) is 2.32. The number of hydrogen-bond acceptors (Lipinski definition) is 1. The maximum atomic E-state index is 12.7. The van der Waals surface area contributed by atoms with E-state index >= 15 is 0 Å². The molecule has 0 fully saturated rings. The van der Waals surface area contributed by atoms with E-state index < -0.39 is 0 Å². The first-order valence-corrected chi connectivity index (χ1v) is 4.51. The highest BCUT2D eigenvalue weighted by Gasteiger charge is 2.08. The molecular weight excluding hydrogens is 244 g/mol. The van der Waals surface area contributed by atoms with Crippen LogP contribution >= 0.6 is 27.5 Å². The van der Waals surface area contributed by atoms with Crippen molar-refractivity contribution in [1.82, 2.24) is 0 Å². The fraction of sp³-hybridized carbons (Fsp3) is 0.250. The second-order valence-corrected chi connectivity index (χ2v) is 3.87. The van der Waals surface area contributed by atoms with Crippen LogP contribution in [0.2, 0.25) is 5.02 Å². The molecule has 0 saturated carbocycles. The lowest BCUT2D eigenvalue weighted by molar-refractivity contribution is 0.627. The number of anilines is 1. The van der Waals surface area contributed by atoms with Gasteiger partial charge in [-0.1, -0.05) is 11.6 Å². The minimum Gasteiger partial charge on any atom is -0.376 e. The van der Waals surface area contributed by atoms with Crippen LogP contribution in [-0.2, 0) is 0 Å². The molecule has 0 saturated heterocycles. The molecule has 1 aromatic carbocycles. The lowest BCUT2D eigenvalue weighted by Crippen LogP contribution is -2.10. The van der Waals surface area contributed by atoms with E-state index in [-0.39, 0.29) is 5.82 Å². The van der Waals surface area contributed by atoms with Gasteiger partial charge in [-0.2, -0.15) is 0 Å². The van der Waals surface area contributed by atoms with Gasteiger partial charge in [-0.05, 0) is 28.1 Å². The van der Waals surface area contributed by atoms with Crippen LogP contribution in [-0.4, -0.2) is 14.1 Å². The standard InChI is InChI=1S/C8H8BrClFN/c1-12(2)8-6(9)3-5(11)4-7(8)10/h3-4H,1-2H3. The zero-order chi connectivity index (χ0) is 9.30. The van der Waals surface area contributed by atoms with Crippen LogP contribution < -0.4 is 4.90 Å². The maximum absolute atomic E-state index is 12.7. The van der Waals surface area contributed by atoms with E-state index in [0.29, 0.717) is 9.50 Å². The Morgan fingerprint density at radius 2 is 2.00 bits per heavy atom. The Labute approximate surface area is 84.3 Å². The van der Waals surface area contributed by atoms with Gasteiger partial charge in [0.1, 0.15) is 5.82 Å². The van der Waals surface area contributed by atoms with E-state index in [4.69, 9.17) is 11.6 Å². The molecule has 1 nitrogen and oxygen atoms in total. The van der Waals surface area contributed by atoms with Gasteiger partial charge >= 0.3 is 0 Å². The summed E-state index contributed by atoms with van der Waals surface area (Å²) < 4.78 is 13.4. The second-order valence-electron chi connectivity index (χ2n) is 2.61. The average molecular weight is 253 g/mol. The highest BCUT2D eigenvalue weighted by atomic mass is 79.9. The molecule has 0 bridgehead atoms. The molecule has 66 valence electrons. The van der Waals surface area contributed by atoms with Crippen molar-refractivity contribution in [3.05, 3.63) is 27.4 Å². The van der Waals surface area contributed by atoms with E-state index in [1.54, 1.807) is 0 Å². The lowest BCUT2D eigenvalue weighted by atomic mass is 10.3. The molecular formula is C8H8BrClFN. The van der Waals surface area contributed by atoms with Gasteiger partial charge in [-0.3, -0.25) is 0 Å². The van der Waals surface area contributed by atoms with E-state index in [2.05, 4.69) is 15.9 Å². The number of nitrogens with zero attached hydrogens (tertiary/aromatic N) is 1. The molecule has 0 N–H and O–H groups in total. The first kappa shape index (κ1) is 9.81. The fourth-order valence-electron chi connectivity index (χ4n) is 0.962. The van der Waals surface area contributed by atoms with Crippen LogP contribution in [0.25, 0.3) is 0 Å². The van der Waals surface area contributed by atoms with E-state index in [1.807, 2.05) is 19.0 Å². The molecule has 0 radical (unpaired) electrons. The highest BCUT2D eigenvalue weighted by molar-refractivity contribution is 9.10. The molecule has 4 heteroatoms. The van der Waals surface area contributed by atoms with Gasteiger partial charge < -0.3 is 4.90 Å². The minimum atomic E-state index is -0.336. The topological polar surface area (TPSA) is 3.24 Å². The van der Waals surface area contributed by atoms with Crippen LogP contribution in [0.4, 0.5) is 10.1 Å². The van der Waals surface area contributed by atoms with Gasteiger partial charge in [0, 0.05) is 18.6 Å². The van der Waals surface area contributed by atoms with Gasteiger partial charge in [0.25, 0.3) is 0 Å². The quantitative estimate of drug-likeness (QED) is 0.741. The summed E-state index contributed by atoms with van der Waals surface area (Å²) >= 11 is 9.05. The Morgan fingerprint density at radius 3 is 2.42 bits per heavy atom. The van der Waals surface area contributed by atoms with Crippen molar-refractivity contribution >= 4 is 33.2 Å². The summed E-state index contributed by atoms with van der Waals surface area (Å²) in [4.78, 5) is 1.83. The molecule has 0 amide bonds. The van der Waals surface area contributed by atoms with Crippen LogP contribution in [0, 0.1) is 5.82 Å². The zero-order valence-corrected chi connectivity index (χ0v) is 9.08. The number of halogens is 3. The molecule has 0 aliphatic heterocycles. The molecule has 0 spiro atoms. The van der Waals surface area contributed by atoms with Crippen molar-refractivity contribution in [3.8, 4) is 0 Å². The molecule has 1 rings (SSSR count). The van der Waals surface area contributed by atoms with Crippen molar-refractivity contribution in [2.24, 2.45) is 0 Å². The van der Waals surface area contributed by atoms with Gasteiger partial charge in [0.05, 0.1) is 10.7 Å². The van der Waals surface area contributed by atoms with Crippen molar-refractivity contribution in [3.63, 3.8) is 0 Å². The summed E-state index contributed by atoms with van der Waals surface area (Å²) in [5.74, 6) is -0.336. The third-order valence-electron chi connectivity index (χ3n) is 1.43. The zero-order valence-electron chi connectivity index (χ0n) is 6.74. The lowest BCUT2D eigenvalue weighted by Gasteiger charge is -2.16. The number of rotatable bonds is 1. The summed E-state index contributed by atoms with van der Waals surface area (Å²) in [6, 6.07) is 2.68. The van der Waals surface area contributed by atoms with Gasteiger partial charge in [-0.25, -0.2) is 4.39 Å². The van der Waals surface area contributed by atoms with Crippen molar-refractivity contribution < 1.29 is 4.39 Å². The summed E-state index contributed by atoms with van der Waals surface area (Å²) in [6.45, 7) is 0. The largest absolute Gasteiger partial charge is 0.376 e. The second kappa shape index (κ2) is 3.62. The average Bonchev–Trinajstić information content (AvgIpc) is 1.82.